The lowest BCUT2D eigenvalue weighted by Gasteiger charge is -2.11. The van der Waals surface area contributed by atoms with Crippen molar-refractivity contribution in [3.8, 4) is 0 Å². The van der Waals surface area contributed by atoms with E-state index >= 15 is 0 Å². The summed E-state index contributed by atoms with van der Waals surface area (Å²) in [7, 11) is 0. The Kier molecular flexibility index (Phi) is 7.06. The van der Waals surface area contributed by atoms with Crippen LogP contribution in [0.1, 0.15) is 25.8 Å². The van der Waals surface area contributed by atoms with Gasteiger partial charge in [-0.3, -0.25) is 4.79 Å². The summed E-state index contributed by atoms with van der Waals surface area (Å²) in [5, 5.41) is 5.97. The Balaban J connectivity index is 2.51. The molecule has 0 saturated carbocycles. The van der Waals surface area contributed by atoms with Crippen LogP contribution in [-0.4, -0.2) is 25.6 Å². The normalized spacial score (nSPS) is 10.3. The van der Waals surface area contributed by atoms with Gasteiger partial charge in [-0.15, -0.1) is 0 Å². The van der Waals surface area contributed by atoms with Gasteiger partial charge in [-0.1, -0.05) is 25.1 Å². The van der Waals surface area contributed by atoms with Crippen molar-refractivity contribution < 1.29 is 9.53 Å². The lowest BCUT2D eigenvalue weighted by Crippen LogP contribution is -2.28. The number of amides is 1. The topological polar surface area (TPSA) is 50.4 Å². The fraction of sp³-hybridized carbons (Fsp3) is 0.500. The highest BCUT2D eigenvalue weighted by Crippen LogP contribution is 2.15. The quantitative estimate of drug-likeness (QED) is 0.695. The number of carbonyl (C=O) groups excluding carboxylic acids is 1. The van der Waals surface area contributed by atoms with Gasteiger partial charge in [0, 0.05) is 17.9 Å². The smallest absolute Gasteiger partial charge is 0.238 e. The van der Waals surface area contributed by atoms with Gasteiger partial charge >= 0.3 is 0 Å². The molecule has 0 saturated heterocycles. The molecule has 0 fully saturated rings. The van der Waals surface area contributed by atoms with E-state index in [1.54, 1.807) is 0 Å². The average Bonchev–Trinajstić information content (AvgIpc) is 2.38. The van der Waals surface area contributed by atoms with Crippen LogP contribution in [-0.2, 0) is 16.1 Å². The second kappa shape index (κ2) is 8.66. The standard InChI is InChI=1S/C14H22N2O2/c1-3-9-15-10-14(17)16-13-8-6-5-7-12(13)11-18-4-2/h5-8,15H,3-4,9-11H2,1-2H3,(H,16,17). The number of hydrogen-bond acceptors (Lipinski definition) is 3. The molecule has 1 aromatic carbocycles. The van der Waals surface area contributed by atoms with Gasteiger partial charge in [-0.05, 0) is 26.0 Å². The van der Waals surface area contributed by atoms with Crippen molar-refractivity contribution in [2.75, 3.05) is 25.0 Å². The highest BCUT2D eigenvalue weighted by atomic mass is 16.5. The van der Waals surface area contributed by atoms with Crippen molar-refractivity contribution in [2.24, 2.45) is 0 Å². The molecule has 0 heterocycles. The molecule has 0 aliphatic heterocycles. The molecule has 1 rings (SSSR count). The van der Waals surface area contributed by atoms with E-state index in [4.69, 9.17) is 4.74 Å². The van der Waals surface area contributed by atoms with Crippen LogP contribution < -0.4 is 10.6 Å². The van der Waals surface area contributed by atoms with Crippen LogP contribution in [0, 0.1) is 0 Å². The molecule has 18 heavy (non-hydrogen) atoms. The van der Waals surface area contributed by atoms with E-state index in [1.807, 2.05) is 31.2 Å². The van der Waals surface area contributed by atoms with Gasteiger partial charge in [-0.2, -0.15) is 0 Å². The Hall–Kier alpha value is -1.39. The van der Waals surface area contributed by atoms with Gasteiger partial charge in [0.05, 0.1) is 13.2 Å². The summed E-state index contributed by atoms with van der Waals surface area (Å²) >= 11 is 0. The maximum atomic E-state index is 11.7. The third kappa shape index (κ3) is 5.29. The van der Waals surface area contributed by atoms with Crippen molar-refractivity contribution in [3.63, 3.8) is 0 Å². The van der Waals surface area contributed by atoms with Gasteiger partial charge < -0.3 is 15.4 Å². The number of para-hydroxylation sites is 1. The summed E-state index contributed by atoms with van der Waals surface area (Å²) < 4.78 is 5.37. The van der Waals surface area contributed by atoms with E-state index in [0.717, 1.165) is 24.2 Å². The molecule has 0 radical (unpaired) electrons. The number of hydrogen-bond donors (Lipinski definition) is 2. The van der Waals surface area contributed by atoms with Crippen LogP contribution in [0.3, 0.4) is 0 Å². The highest BCUT2D eigenvalue weighted by Gasteiger charge is 2.05. The average molecular weight is 250 g/mol. The second-order valence-corrected chi connectivity index (χ2v) is 4.02. The first-order valence-corrected chi connectivity index (χ1v) is 6.44. The zero-order valence-corrected chi connectivity index (χ0v) is 11.2. The summed E-state index contributed by atoms with van der Waals surface area (Å²) in [4.78, 5) is 11.7. The molecule has 0 unspecified atom stereocenters. The van der Waals surface area contributed by atoms with Gasteiger partial charge in [-0.25, -0.2) is 0 Å². The van der Waals surface area contributed by atoms with Crippen LogP contribution in [0.2, 0.25) is 0 Å². The van der Waals surface area contributed by atoms with Gasteiger partial charge in [0.15, 0.2) is 0 Å². The minimum Gasteiger partial charge on any atom is -0.377 e. The first-order valence-electron chi connectivity index (χ1n) is 6.44. The summed E-state index contributed by atoms with van der Waals surface area (Å²) in [5.41, 5.74) is 1.83. The first kappa shape index (κ1) is 14.7. The van der Waals surface area contributed by atoms with Crippen molar-refractivity contribution in [2.45, 2.75) is 26.9 Å². The Morgan fingerprint density at radius 1 is 1.28 bits per heavy atom. The Labute approximate surface area is 109 Å². The molecule has 0 aliphatic carbocycles. The van der Waals surface area contributed by atoms with Crippen molar-refractivity contribution in [1.29, 1.82) is 0 Å². The summed E-state index contributed by atoms with van der Waals surface area (Å²) in [6, 6.07) is 7.71. The largest absolute Gasteiger partial charge is 0.377 e. The zero-order chi connectivity index (χ0) is 13.2. The molecule has 0 spiro atoms. The fourth-order valence-corrected chi connectivity index (χ4v) is 1.55. The molecular formula is C14H22N2O2. The van der Waals surface area contributed by atoms with Crippen molar-refractivity contribution in [3.05, 3.63) is 29.8 Å². The maximum absolute atomic E-state index is 11.7. The highest BCUT2D eigenvalue weighted by molar-refractivity contribution is 5.92. The van der Waals surface area contributed by atoms with Crippen LogP contribution in [0.25, 0.3) is 0 Å². The number of anilines is 1. The van der Waals surface area contributed by atoms with E-state index in [9.17, 15) is 4.79 Å². The molecule has 100 valence electrons. The molecule has 4 nitrogen and oxygen atoms in total. The molecule has 0 bridgehead atoms. The van der Waals surface area contributed by atoms with E-state index in [2.05, 4.69) is 17.6 Å². The van der Waals surface area contributed by atoms with Crippen molar-refractivity contribution in [1.82, 2.24) is 5.32 Å². The minimum atomic E-state index is -0.0209. The van der Waals surface area contributed by atoms with E-state index in [0.29, 0.717) is 19.8 Å². The zero-order valence-electron chi connectivity index (χ0n) is 11.2. The summed E-state index contributed by atoms with van der Waals surface area (Å²) in [5.74, 6) is -0.0209. The number of ether oxygens (including phenoxy) is 1. The van der Waals surface area contributed by atoms with Crippen LogP contribution >= 0.6 is 0 Å². The third-order valence-corrected chi connectivity index (χ3v) is 2.47. The van der Waals surface area contributed by atoms with Gasteiger partial charge in [0.1, 0.15) is 0 Å². The van der Waals surface area contributed by atoms with E-state index in [-0.39, 0.29) is 5.91 Å². The molecule has 0 atom stereocenters. The van der Waals surface area contributed by atoms with Gasteiger partial charge in [0.25, 0.3) is 0 Å². The van der Waals surface area contributed by atoms with Crippen LogP contribution in [0.4, 0.5) is 5.69 Å². The number of rotatable bonds is 8. The Bertz CT molecular complexity index is 367. The molecule has 0 aromatic heterocycles. The molecule has 2 N–H and O–H groups in total. The first-order chi connectivity index (χ1) is 8.77. The van der Waals surface area contributed by atoms with Crippen molar-refractivity contribution >= 4 is 11.6 Å². The molecule has 1 amide bonds. The number of nitrogens with one attached hydrogen (secondary N) is 2. The second-order valence-electron chi connectivity index (χ2n) is 4.02. The van der Waals surface area contributed by atoms with E-state index < -0.39 is 0 Å². The molecule has 4 heteroatoms. The predicted octanol–water partition coefficient (Wildman–Crippen LogP) is 2.16. The minimum absolute atomic E-state index is 0.0209. The summed E-state index contributed by atoms with van der Waals surface area (Å²) in [6.07, 6.45) is 1.02. The number of benzene rings is 1. The molecule has 1 aromatic rings. The SMILES string of the molecule is CCCNCC(=O)Nc1ccccc1COCC. The molecular weight excluding hydrogens is 228 g/mol. The van der Waals surface area contributed by atoms with Crippen LogP contribution in [0.15, 0.2) is 24.3 Å². The van der Waals surface area contributed by atoms with E-state index in [1.165, 1.54) is 0 Å². The monoisotopic (exact) mass is 250 g/mol. The molecule has 0 aliphatic rings. The number of carbonyl (C=O) groups is 1. The lowest BCUT2D eigenvalue weighted by atomic mass is 10.2. The summed E-state index contributed by atoms with van der Waals surface area (Å²) in [6.45, 7) is 6.42. The predicted molar refractivity (Wildman–Crippen MR) is 73.6 cm³/mol. The fourth-order valence-electron chi connectivity index (χ4n) is 1.55. The Morgan fingerprint density at radius 2 is 2.06 bits per heavy atom. The van der Waals surface area contributed by atoms with Gasteiger partial charge in [0.2, 0.25) is 5.91 Å². The maximum Gasteiger partial charge on any atom is 0.238 e. The Morgan fingerprint density at radius 3 is 2.78 bits per heavy atom. The van der Waals surface area contributed by atoms with Crippen LogP contribution in [0.5, 0.6) is 0 Å². The third-order valence-electron chi connectivity index (χ3n) is 2.47. The lowest BCUT2D eigenvalue weighted by molar-refractivity contribution is -0.115.